The second kappa shape index (κ2) is 3.90. The van der Waals surface area contributed by atoms with Crippen LogP contribution < -0.4 is 15.0 Å². The van der Waals surface area contributed by atoms with Gasteiger partial charge in [-0.2, -0.15) is 0 Å². The summed E-state index contributed by atoms with van der Waals surface area (Å²) in [6, 6.07) is 1.91. The number of anilines is 1. The minimum absolute atomic E-state index is 0.639. The van der Waals surface area contributed by atoms with E-state index in [0.29, 0.717) is 5.88 Å². The Bertz CT molecular complexity index is 372. The summed E-state index contributed by atoms with van der Waals surface area (Å²) in [5.74, 6) is 3.18. The first kappa shape index (κ1) is 9.84. The van der Waals surface area contributed by atoms with Crippen LogP contribution in [0.2, 0.25) is 0 Å². The van der Waals surface area contributed by atoms with Crippen molar-refractivity contribution in [2.24, 2.45) is 11.8 Å². The van der Waals surface area contributed by atoms with Gasteiger partial charge in [0.05, 0.1) is 7.11 Å². The van der Waals surface area contributed by atoms with Gasteiger partial charge in [0.1, 0.15) is 12.1 Å². The molecule has 2 atom stereocenters. The van der Waals surface area contributed by atoms with E-state index >= 15 is 0 Å². The molecule has 2 aliphatic rings. The van der Waals surface area contributed by atoms with Crippen LogP contribution in [0.1, 0.15) is 0 Å². The number of hydrogen-bond acceptors (Lipinski definition) is 5. The van der Waals surface area contributed by atoms with Crippen LogP contribution in [0.25, 0.3) is 0 Å². The van der Waals surface area contributed by atoms with Gasteiger partial charge in [0.2, 0.25) is 5.88 Å². The predicted octanol–water partition coefficient (Wildman–Crippen LogP) is 0.141. The lowest BCUT2D eigenvalue weighted by atomic mass is 10.0. The lowest BCUT2D eigenvalue weighted by Gasteiger charge is -2.18. The summed E-state index contributed by atoms with van der Waals surface area (Å²) < 4.78 is 5.12. The van der Waals surface area contributed by atoms with Crippen molar-refractivity contribution in [1.29, 1.82) is 0 Å². The van der Waals surface area contributed by atoms with Crippen molar-refractivity contribution in [3.63, 3.8) is 0 Å². The van der Waals surface area contributed by atoms with Crippen LogP contribution in [0.15, 0.2) is 12.4 Å². The number of nitrogens with one attached hydrogen (secondary N) is 1. The van der Waals surface area contributed by atoms with Gasteiger partial charge in [0, 0.05) is 32.2 Å². The van der Waals surface area contributed by atoms with Crippen molar-refractivity contribution in [2.75, 3.05) is 38.2 Å². The fourth-order valence-corrected chi connectivity index (χ4v) is 2.66. The molecular weight excluding hydrogens is 204 g/mol. The molecule has 2 aliphatic heterocycles. The summed E-state index contributed by atoms with van der Waals surface area (Å²) in [6.45, 7) is 4.47. The van der Waals surface area contributed by atoms with Gasteiger partial charge in [-0.25, -0.2) is 9.97 Å². The Balaban J connectivity index is 1.78. The van der Waals surface area contributed by atoms with Crippen LogP contribution in [0, 0.1) is 11.8 Å². The Morgan fingerprint density at radius 1 is 1.31 bits per heavy atom. The summed E-state index contributed by atoms with van der Waals surface area (Å²) in [5.41, 5.74) is 0. The van der Waals surface area contributed by atoms with Crippen molar-refractivity contribution in [3.8, 4) is 5.88 Å². The number of ether oxygens (including phenoxy) is 1. The van der Waals surface area contributed by atoms with E-state index in [2.05, 4.69) is 20.2 Å². The summed E-state index contributed by atoms with van der Waals surface area (Å²) in [6.07, 6.45) is 1.57. The van der Waals surface area contributed by atoms with Crippen molar-refractivity contribution >= 4 is 5.82 Å². The topological polar surface area (TPSA) is 50.3 Å². The van der Waals surface area contributed by atoms with E-state index < -0.39 is 0 Å². The van der Waals surface area contributed by atoms with Gasteiger partial charge in [0.25, 0.3) is 0 Å². The summed E-state index contributed by atoms with van der Waals surface area (Å²) in [5, 5.41) is 3.43. The molecule has 3 rings (SSSR count). The number of aromatic nitrogens is 2. The molecule has 5 nitrogen and oxygen atoms in total. The van der Waals surface area contributed by atoms with Gasteiger partial charge in [-0.1, -0.05) is 0 Å². The number of hydrogen-bond donors (Lipinski definition) is 1. The Morgan fingerprint density at radius 2 is 2.06 bits per heavy atom. The van der Waals surface area contributed by atoms with Crippen LogP contribution in [0.3, 0.4) is 0 Å². The molecule has 3 heterocycles. The highest BCUT2D eigenvalue weighted by atomic mass is 16.5. The van der Waals surface area contributed by atoms with Crippen molar-refractivity contribution in [3.05, 3.63) is 12.4 Å². The van der Waals surface area contributed by atoms with Gasteiger partial charge in [-0.3, -0.25) is 0 Å². The molecule has 5 heteroatoms. The normalized spacial score (nSPS) is 28.2. The third-order valence-electron chi connectivity index (χ3n) is 3.55. The quantitative estimate of drug-likeness (QED) is 0.768. The predicted molar refractivity (Wildman–Crippen MR) is 60.6 cm³/mol. The Kier molecular flexibility index (Phi) is 2.40. The standard InChI is InChI=1S/C11H16N4O/c1-16-11-2-10(13-7-14-11)15-5-8-3-12-4-9(8)6-15/h2,7-9,12H,3-6H2,1H3. The van der Waals surface area contributed by atoms with E-state index in [1.54, 1.807) is 13.4 Å². The van der Waals surface area contributed by atoms with Crippen LogP contribution in [0.4, 0.5) is 5.82 Å². The zero-order valence-electron chi connectivity index (χ0n) is 9.39. The van der Waals surface area contributed by atoms with Gasteiger partial charge in [0.15, 0.2) is 0 Å². The van der Waals surface area contributed by atoms with E-state index in [1.807, 2.05) is 6.07 Å². The molecule has 0 spiro atoms. The third-order valence-corrected chi connectivity index (χ3v) is 3.55. The molecule has 0 radical (unpaired) electrons. The lowest BCUT2D eigenvalue weighted by Crippen LogP contribution is -2.26. The van der Waals surface area contributed by atoms with Crippen molar-refractivity contribution in [1.82, 2.24) is 15.3 Å². The number of rotatable bonds is 2. The maximum absolute atomic E-state index is 5.12. The largest absolute Gasteiger partial charge is 0.481 e. The number of nitrogens with zero attached hydrogens (tertiary/aromatic N) is 3. The van der Waals surface area contributed by atoms with E-state index in [0.717, 1.165) is 43.8 Å². The van der Waals surface area contributed by atoms with Crippen LogP contribution >= 0.6 is 0 Å². The highest BCUT2D eigenvalue weighted by Crippen LogP contribution is 2.29. The first-order chi connectivity index (χ1) is 7.86. The summed E-state index contributed by atoms with van der Waals surface area (Å²) in [7, 11) is 1.63. The van der Waals surface area contributed by atoms with E-state index in [9.17, 15) is 0 Å². The lowest BCUT2D eigenvalue weighted by molar-refractivity contribution is 0.397. The molecule has 2 fully saturated rings. The highest BCUT2D eigenvalue weighted by Gasteiger charge is 2.36. The Morgan fingerprint density at radius 3 is 2.75 bits per heavy atom. The molecule has 0 aliphatic carbocycles. The van der Waals surface area contributed by atoms with E-state index in [1.165, 1.54) is 0 Å². The molecule has 2 unspecified atom stereocenters. The van der Waals surface area contributed by atoms with Crippen LogP contribution in [-0.2, 0) is 0 Å². The average Bonchev–Trinajstić information content (AvgIpc) is 2.89. The molecule has 1 N–H and O–H groups in total. The molecule has 2 saturated heterocycles. The van der Waals surface area contributed by atoms with Gasteiger partial charge in [-0.05, 0) is 11.8 Å². The molecular formula is C11H16N4O. The molecule has 0 aromatic carbocycles. The molecule has 16 heavy (non-hydrogen) atoms. The summed E-state index contributed by atoms with van der Waals surface area (Å²) in [4.78, 5) is 10.7. The molecule has 86 valence electrons. The maximum atomic E-state index is 5.12. The molecule has 0 amide bonds. The number of fused-ring (bicyclic) bond motifs is 1. The molecule has 0 bridgehead atoms. The van der Waals surface area contributed by atoms with Gasteiger partial charge < -0.3 is 15.0 Å². The van der Waals surface area contributed by atoms with Gasteiger partial charge in [-0.15, -0.1) is 0 Å². The first-order valence-electron chi connectivity index (χ1n) is 5.68. The summed E-state index contributed by atoms with van der Waals surface area (Å²) >= 11 is 0. The third kappa shape index (κ3) is 1.61. The Labute approximate surface area is 94.8 Å². The van der Waals surface area contributed by atoms with E-state index in [-0.39, 0.29) is 0 Å². The average molecular weight is 220 g/mol. The molecule has 1 aromatic heterocycles. The van der Waals surface area contributed by atoms with Crippen LogP contribution in [-0.4, -0.2) is 43.3 Å². The van der Waals surface area contributed by atoms with Gasteiger partial charge >= 0.3 is 0 Å². The SMILES string of the molecule is COc1cc(N2CC3CNCC3C2)ncn1. The van der Waals surface area contributed by atoms with Crippen molar-refractivity contribution < 1.29 is 4.74 Å². The fourth-order valence-electron chi connectivity index (χ4n) is 2.66. The first-order valence-corrected chi connectivity index (χ1v) is 5.68. The van der Waals surface area contributed by atoms with Crippen LogP contribution in [0.5, 0.6) is 5.88 Å². The second-order valence-corrected chi connectivity index (χ2v) is 4.50. The van der Waals surface area contributed by atoms with Crippen molar-refractivity contribution in [2.45, 2.75) is 0 Å². The molecule has 1 aromatic rings. The smallest absolute Gasteiger partial charge is 0.218 e. The Hall–Kier alpha value is -1.36. The minimum atomic E-state index is 0.639. The number of methoxy groups -OCH3 is 1. The second-order valence-electron chi connectivity index (χ2n) is 4.50. The molecule has 0 saturated carbocycles. The maximum Gasteiger partial charge on any atom is 0.218 e. The van der Waals surface area contributed by atoms with E-state index in [4.69, 9.17) is 4.74 Å². The minimum Gasteiger partial charge on any atom is -0.481 e. The fraction of sp³-hybridized carbons (Fsp3) is 0.636. The highest BCUT2D eigenvalue weighted by molar-refractivity contribution is 5.42. The monoisotopic (exact) mass is 220 g/mol. The zero-order chi connectivity index (χ0) is 11.0. The zero-order valence-corrected chi connectivity index (χ0v) is 9.39.